The van der Waals surface area contributed by atoms with Gasteiger partial charge >= 0.3 is 0 Å². The second-order valence-electron chi connectivity index (χ2n) is 6.75. The molecule has 130 valence electrons. The van der Waals surface area contributed by atoms with Crippen LogP contribution in [0.15, 0.2) is 27.5 Å². The smallest absolute Gasteiger partial charge is 0.252 e. The minimum Gasteiger partial charge on any atom is -0.420 e. The molecule has 1 saturated carbocycles. The summed E-state index contributed by atoms with van der Waals surface area (Å²) in [6.45, 7) is 0.727. The lowest BCUT2D eigenvalue weighted by atomic mass is 9.92. The molecule has 1 aliphatic carbocycles. The Morgan fingerprint density at radius 3 is 2.92 bits per heavy atom. The summed E-state index contributed by atoms with van der Waals surface area (Å²) in [5, 5.41) is 16.9. The van der Waals surface area contributed by atoms with Crippen LogP contribution in [0.2, 0.25) is 0 Å². The lowest BCUT2D eigenvalue weighted by Crippen LogP contribution is -2.23. The molecule has 0 spiro atoms. The van der Waals surface area contributed by atoms with Crippen LogP contribution in [0.25, 0.3) is 11.5 Å². The minimum atomic E-state index is -0.125. The highest BCUT2D eigenvalue weighted by Gasteiger charge is 2.36. The molecular weight excluding hydrogens is 322 g/mol. The standard InChI is InChI=1S/C17H19N5O3/c1-22-13(6-7-18-22)15-11(3-2-8-23-15)16-19-20-17(25-16)12-9-24-21-14(12)10-4-5-10/h6-7,9-11,15H,2-5,8H2,1H3/t11-,15-/m1/s1. The Hall–Kier alpha value is -2.48. The third-order valence-corrected chi connectivity index (χ3v) is 5.02. The number of aryl methyl sites for hydroxylation is 1. The van der Waals surface area contributed by atoms with Crippen molar-refractivity contribution in [2.45, 2.75) is 43.6 Å². The second kappa shape index (κ2) is 5.80. The zero-order chi connectivity index (χ0) is 16.8. The average Bonchev–Trinajstić information content (AvgIpc) is 3.04. The molecule has 1 aliphatic heterocycles. The van der Waals surface area contributed by atoms with Gasteiger partial charge in [0.05, 0.1) is 17.3 Å². The number of nitrogens with zero attached hydrogens (tertiary/aromatic N) is 5. The minimum absolute atomic E-state index is 0.0228. The van der Waals surface area contributed by atoms with E-state index in [9.17, 15) is 0 Å². The molecule has 5 rings (SSSR count). The molecular formula is C17H19N5O3. The maximum atomic E-state index is 6.02. The maximum absolute atomic E-state index is 6.02. The molecule has 3 aromatic heterocycles. The Balaban J connectivity index is 1.47. The van der Waals surface area contributed by atoms with E-state index in [1.165, 1.54) is 0 Å². The van der Waals surface area contributed by atoms with Gasteiger partial charge in [-0.05, 0) is 31.7 Å². The molecule has 2 fully saturated rings. The number of hydrogen-bond acceptors (Lipinski definition) is 7. The van der Waals surface area contributed by atoms with Crippen LogP contribution in [0.3, 0.4) is 0 Å². The van der Waals surface area contributed by atoms with Crippen molar-refractivity contribution < 1.29 is 13.7 Å². The maximum Gasteiger partial charge on any atom is 0.252 e. The quantitative estimate of drug-likeness (QED) is 0.720. The van der Waals surface area contributed by atoms with Crippen molar-refractivity contribution in [2.75, 3.05) is 6.61 Å². The molecule has 0 unspecified atom stereocenters. The molecule has 8 heteroatoms. The molecule has 0 N–H and O–H groups in total. The topological polar surface area (TPSA) is 92.0 Å². The normalized spacial score (nSPS) is 23.9. The fourth-order valence-electron chi connectivity index (χ4n) is 3.54. The zero-order valence-corrected chi connectivity index (χ0v) is 14.0. The van der Waals surface area contributed by atoms with E-state index in [-0.39, 0.29) is 12.0 Å². The van der Waals surface area contributed by atoms with Crippen LogP contribution in [0.5, 0.6) is 0 Å². The Morgan fingerprint density at radius 2 is 2.12 bits per heavy atom. The van der Waals surface area contributed by atoms with Gasteiger partial charge in [-0.2, -0.15) is 5.10 Å². The number of ether oxygens (including phenoxy) is 1. The average molecular weight is 341 g/mol. The molecule has 2 aliphatic rings. The lowest BCUT2D eigenvalue weighted by Gasteiger charge is -2.29. The SMILES string of the molecule is Cn1nccc1[C@@H]1OCCC[C@H]1c1nnc(-c2conc2C2CC2)o1. The van der Waals surface area contributed by atoms with E-state index in [1.54, 1.807) is 12.5 Å². The summed E-state index contributed by atoms with van der Waals surface area (Å²) in [5.74, 6) is 1.57. The first-order valence-corrected chi connectivity index (χ1v) is 8.69. The van der Waals surface area contributed by atoms with Crippen molar-refractivity contribution in [1.82, 2.24) is 25.1 Å². The lowest BCUT2D eigenvalue weighted by molar-refractivity contribution is -0.0135. The van der Waals surface area contributed by atoms with Gasteiger partial charge < -0.3 is 13.7 Å². The Morgan fingerprint density at radius 1 is 1.20 bits per heavy atom. The summed E-state index contributed by atoms with van der Waals surface area (Å²) < 4.78 is 19.0. The van der Waals surface area contributed by atoms with Crippen molar-refractivity contribution in [3.63, 3.8) is 0 Å². The summed E-state index contributed by atoms with van der Waals surface area (Å²) in [6, 6.07) is 1.98. The monoisotopic (exact) mass is 341 g/mol. The van der Waals surface area contributed by atoms with Crippen LogP contribution in [0, 0.1) is 0 Å². The first-order chi connectivity index (χ1) is 12.3. The van der Waals surface area contributed by atoms with Gasteiger partial charge in [0.25, 0.3) is 5.89 Å². The molecule has 8 nitrogen and oxygen atoms in total. The first-order valence-electron chi connectivity index (χ1n) is 8.69. The summed E-state index contributed by atoms with van der Waals surface area (Å²) in [7, 11) is 1.92. The molecule has 4 heterocycles. The van der Waals surface area contributed by atoms with E-state index in [2.05, 4.69) is 20.5 Å². The van der Waals surface area contributed by atoms with E-state index in [0.717, 1.165) is 49.2 Å². The van der Waals surface area contributed by atoms with Gasteiger partial charge in [-0.15, -0.1) is 10.2 Å². The van der Waals surface area contributed by atoms with Crippen LogP contribution in [0.4, 0.5) is 0 Å². The van der Waals surface area contributed by atoms with Gasteiger partial charge in [0.2, 0.25) is 5.89 Å². The second-order valence-corrected chi connectivity index (χ2v) is 6.75. The molecule has 0 aromatic carbocycles. The van der Waals surface area contributed by atoms with E-state index in [1.807, 2.05) is 17.8 Å². The van der Waals surface area contributed by atoms with Crippen LogP contribution in [-0.4, -0.2) is 31.7 Å². The molecule has 0 radical (unpaired) electrons. The Kier molecular flexibility index (Phi) is 3.44. The van der Waals surface area contributed by atoms with E-state index in [0.29, 0.717) is 17.7 Å². The van der Waals surface area contributed by atoms with Crippen molar-refractivity contribution in [1.29, 1.82) is 0 Å². The van der Waals surface area contributed by atoms with Crippen LogP contribution in [-0.2, 0) is 11.8 Å². The third kappa shape index (κ3) is 2.57. The highest BCUT2D eigenvalue weighted by molar-refractivity contribution is 5.56. The molecule has 25 heavy (non-hydrogen) atoms. The van der Waals surface area contributed by atoms with E-state index in [4.69, 9.17) is 13.7 Å². The van der Waals surface area contributed by atoms with E-state index >= 15 is 0 Å². The van der Waals surface area contributed by atoms with Crippen LogP contribution in [0.1, 0.15) is 60.9 Å². The molecule has 0 amide bonds. The number of rotatable bonds is 4. The van der Waals surface area contributed by atoms with Crippen molar-refractivity contribution >= 4 is 0 Å². The van der Waals surface area contributed by atoms with E-state index < -0.39 is 0 Å². The fraction of sp³-hybridized carbons (Fsp3) is 0.529. The first kappa shape index (κ1) is 14.8. The molecule has 3 aromatic rings. The van der Waals surface area contributed by atoms with Crippen LogP contribution < -0.4 is 0 Å². The Bertz CT molecular complexity index is 878. The fourth-order valence-corrected chi connectivity index (χ4v) is 3.54. The predicted molar refractivity (Wildman–Crippen MR) is 85.6 cm³/mol. The van der Waals surface area contributed by atoms with Crippen molar-refractivity contribution in [3.8, 4) is 11.5 Å². The Labute approximate surface area is 144 Å². The summed E-state index contributed by atoms with van der Waals surface area (Å²) >= 11 is 0. The van der Waals surface area contributed by atoms with Gasteiger partial charge in [-0.1, -0.05) is 5.16 Å². The van der Waals surface area contributed by atoms with Gasteiger partial charge in [0.15, 0.2) is 0 Å². The number of hydrogen-bond donors (Lipinski definition) is 0. The molecule has 0 bridgehead atoms. The molecule has 1 saturated heterocycles. The van der Waals surface area contributed by atoms with Gasteiger partial charge in [0, 0.05) is 25.8 Å². The third-order valence-electron chi connectivity index (χ3n) is 5.02. The van der Waals surface area contributed by atoms with Crippen molar-refractivity contribution in [3.05, 3.63) is 35.8 Å². The summed E-state index contributed by atoms with van der Waals surface area (Å²) in [6.07, 6.45) is 7.44. The van der Waals surface area contributed by atoms with Gasteiger partial charge in [-0.3, -0.25) is 4.68 Å². The van der Waals surface area contributed by atoms with Crippen LogP contribution >= 0.6 is 0 Å². The van der Waals surface area contributed by atoms with Gasteiger partial charge in [0.1, 0.15) is 17.9 Å². The van der Waals surface area contributed by atoms with Crippen molar-refractivity contribution in [2.24, 2.45) is 7.05 Å². The largest absolute Gasteiger partial charge is 0.420 e. The predicted octanol–water partition coefficient (Wildman–Crippen LogP) is 2.97. The highest BCUT2D eigenvalue weighted by Crippen LogP contribution is 2.44. The highest BCUT2D eigenvalue weighted by atomic mass is 16.5. The number of aromatic nitrogens is 5. The summed E-state index contributed by atoms with van der Waals surface area (Å²) in [4.78, 5) is 0. The zero-order valence-electron chi connectivity index (χ0n) is 14.0. The van der Waals surface area contributed by atoms with Gasteiger partial charge in [-0.25, -0.2) is 0 Å². The molecule has 2 atom stereocenters. The summed E-state index contributed by atoms with van der Waals surface area (Å²) in [5.41, 5.74) is 2.77.